The molecule has 0 bridgehead atoms. The Morgan fingerprint density at radius 2 is 1.03 bits per heavy atom. The normalized spacial score (nSPS) is 11.1. The fraction of sp³-hybridized carbons (Fsp3) is 0.444. The van der Waals surface area contributed by atoms with E-state index in [1.54, 1.807) is 24.3 Å². The van der Waals surface area contributed by atoms with Crippen molar-refractivity contribution in [2.45, 2.75) is 85.3 Å². The minimum absolute atomic E-state index is 0.274. The van der Waals surface area contributed by atoms with E-state index >= 15 is 0 Å². The molecule has 0 atom stereocenters. The highest BCUT2D eigenvalue weighted by molar-refractivity contribution is 7.99. The lowest BCUT2D eigenvalue weighted by Gasteiger charge is -2.23. The van der Waals surface area contributed by atoms with Crippen LogP contribution in [0.4, 0.5) is 14.7 Å². The molecule has 0 aliphatic rings. The van der Waals surface area contributed by atoms with Crippen molar-refractivity contribution >= 4 is 29.5 Å². The average Bonchev–Trinajstić information content (AvgIpc) is 2.86. The second-order valence-electron chi connectivity index (χ2n) is 8.42. The topological polar surface area (TPSA) is 41.9 Å². The van der Waals surface area contributed by atoms with Crippen molar-refractivity contribution < 1.29 is 8.78 Å². The number of hydrogen-bond donors (Lipinski definition) is 0. The first kappa shape index (κ1) is 27.4. The van der Waals surface area contributed by atoms with Crippen molar-refractivity contribution in [3.05, 3.63) is 60.2 Å². The Kier molecular flexibility index (Phi) is 11.8. The quantitative estimate of drug-likeness (QED) is 0.189. The number of benzene rings is 2. The minimum Gasteiger partial charge on any atom is -0.341 e. The van der Waals surface area contributed by atoms with E-state index in [4.69, 9.17) is 9.97 Å². The number of rotatable bonds is 15. The van der Waals surface area contributed by atoms with E-state index < -0.39 is 0 Å². The molecular weight excluding hydrogens is 482 g/mol. The van der Waals surface area contributed by atoms with Gasteiger partial charge in [-0.25, -0.2) is 8.78 Å². The third-order valence-corrected chi connectivity index (χ3v) is 7.22. The highest BCUT2D eigenvalue weighted by Crippen LogP contribution is 2.31. The summed E-state index contributed by atoms with van der Waals surface area (Å²) in [7, 11) is 0. The summed E-state index contributed by atoms with van der Waals surface area (Å²) in [6, 6.07) is 12.7. The molecule has 0 spiro atoms. The molecule has 2 aromatic carbocycles. The Labute approximate surface area is 216 Å². The van der Waals surface area contributed by atoms with Gasteiger partial charge in [0.15, 0.2) is 10.3 Å². The van der Waals surface area contributed by atoms with Gasteiger partial charge in [-0.15, -0.1) is 0 Å². The molecule has 0 amide bonds. The number of aromatic nitrogens is 3. The van der Waals surface area contributed by atoms with Gasteiger partial charge in [0.2, 0.25) is 5.95 Å². The summed E-state index contributed by atoms with van der Waals surface area (Å²) in [4.78, 5) is 18.3. The molecule has 35 heavy (non-hydrogen) atoms. The van der Waals surface area contributed by atoms with Gasteiger partial charge in [0.25, 0.3) is 0 Å². The van der Waals surface area contributed by atoms with Crippen molar-refractivity contribution in [2.24, 2.45) is 0 Å². The average molecular weight is 517 g/mol. The first-order valence-corrected chi connectivity index (χ1v) is 14.1. The number of halogens is 2. The SMILES string of the molecule is CCCCCCN(CCCCCC)c1nc(Sc2ccc(F)cc2)nc(Sc2ccc(F)cc2)n1. The summed E-state index contributed by atoms with van der Waals surface area (Å²) in [6.45, 7) is 6.23. The summed E-state index contributed by atoms with van der Waals surface area (Å²) in [5, 5.41) is 1.14. The van der Waals surface area contributed by atoms with Crippen molar-refractivity contribution in [1.82, 2.24) is 15.0 Å². The van der Waals surface area contributed by atoms with Crippen LogP contribution in [-0.4, -0.2) is 28.0 Å². The maximum Gasteiger partial charge on any atom is 0.230 e. The molecule has 8 heteroatoms. The summed E-state index contributed by atoms with van der Waals surface area (Å²) in [5.41, 5.74) is 0. The van der Waals surface area contributed by atoms with Gasteiger partial charge in [0.1, 0.15) is 11.6 Å². The van der Waals surface area contributed by atoms with Crippen LogP contribution in [0.1, 0.15) is 65.2 Å². The molecule has 1 heterocycles. The summed E-state index contributed by atoms with van der Waals surface area (Å²) in [5.74, 6) is 0.120. The first-order chi connectivity index (χ1) is 17.1. The lowest BCUT2D eigenvalue weighted by atomic mass is 10.2. The van der Waals surface area contributed by atoms with Gasteiger partial charge in [-0.3, -0.25) is 0 Å². The van der Waals surface area contributed by atoms with E-state index in [1.165, 1.54) is 86.3 Å². The predicted molar refractivity (Wildman–Crippen MR) is 141 cm³/mol. The fourth-order valence-electron chi connectivity index (χ4n) is 3.55. The van der Waals surface area contributed by atoms with Crippen LogP contribution < -0.4 is 4.90 Å². The molecule has 188 valence electrons. The number of anilines is 1. The van der Waals surface area contributed by atoms with E-state index in [1.807, 2.05) is 0 Å². The second kappa shape index (κ2) is 15.0. The molecular formula is C27H34F2N4S2. The molecule has 3 rings (SSSR count). The zero-order valence-corrected chi connectivity index (χ0v) is 22.2. The largest absolute Gasteiger partial charge is 0.341 e. The Bertz CT molecular complexity index is 939. The van der Waals surface area contributed by atoms with Crippen LogP contribution >= 0.6 is 23.5 Å². The molecule has 0 radical (unpaired) electrons. The van der Waals surface area contributed by atoms with Crippen LogP contribution in [0.25, 0.3) is 0 Å². The van der Waals surface area contributed by atoms with Gasteiger partial charge in [-0.1, -0.05) is 52.4 Å². The molecule has 0 aliphatic carbocycles. The summed E-state index contributed by atoms with van der Waals surface area (Å²) in [6.07, 6.45) is 9.37. The van der Waals surface area contributed by atoms with Crippen molar-refractivity contribution in [3.8, 4) is 0 Å². The van der Waals surface area contributed by atoms with E-state index in [0.717, 1.165) is 35.7 Å². The number of hydrogen-bond acceptors (Lipinski definition) is 6. The van der Waals surface area contributed by atoms with Crippen LogP contribution in [0.2, 0.25) is 0 Å². The molecule has 0 fully saturated rings. The molecule has 1 aromatic heterocycles. The predicted octanol–water partition coefficient (Wildman–Crippen LogP) is 8.42. The van der Waals surface area contributed by atoms with Crippen LogP contribution in [0.15, 0.2) is 68.6 Å². The van der Waals surface area contributed by atoms with Crippen LogP contribution in [0.3, 0.4) is 0 Å². The molecule has 0 unspecified atom stereocenters. The van der Waals surface area contributed by atoms with Crippen molar-refractivity contribution in [3.63, 3.8) is 0 Å². The maximum absolute atomic E-state index is 13.4. The Hall–Kier alpha value is -2.19. The third kappa shape index (κ3) is 9.76. The fourth-order valence-corrected chi connectivity index (χ4v) is 5.09. The Morgan fingerprint density at radius 1 is 0.600 bits per heavy atom. The minimum atomic E-state index is -0.274. The first-order valence-electron chi connectivity index (χ1n) is 12.4. The number of nitrogens with zero attached hydrogens (tertiary/aromatic N) is 4. The van der Waals surface area contributed by atoms with Crippen molar-refractivity contribution in [1.29, 1.82) is 0 Å². The van der Waals surface area contributed by atoms with E-state index in [2.05, 4.69) is 23.7 Å². The van der Waals surface area contributed by atoms with Gasteiger partial charge in [0.05, 0.1) is 0 Å². The van der Waals surface area contributed by atoms with Gasteiger partial charge in [-0.05, 0) is 84.9 Å². The standard InChI is InChI=1S/C27H34F2N4S2/c1-3-5-7-9-19-33(20-10-8-6-4-2)25-30-26(34-23-15-11-21(28)12-16-23)32-27(31-25)35-24-17-13-22(29)14-18-24/h11-18H,3-10,19-20H2,1-2H3. The van der Waals surface area contributed by atoms with Gasteiger partial charge >= 0.3 is 0 Å². The lowest BCUT2D eigenvalue weighted by Crippen LogP contribution is -2.28. The van der Waals surface area contributed by atoms with Gasteiger partial charge < -0.3 is 4.90 Å². The zero-order chi connectivity index (χ0) is 24.9. The molecule has 0 aliphatic heterocycles. The Balaban J connectivity index is 1.87. The van der Waals surface area contributed by atoms with E-state index in [-0.39, 0.29) is 11.6 Å². The Morgan fingerprint density at radius 3 is 1.43 bits per heavy atom. The van der Waals surface area contributed by atoms with Crippen LogP contribution in [0, 0.1) is 11.6 Å². The van der Waals surface area contributed by atoms with Crippen molar-refractivity contribution in [2.75, 3.05) is 18.0 Å². The highest BCUT2D eigenvalue weighted by Gasteiger charge is 2.16. The smallest absolute Gasteiger partial charge is 0.230 e. The highest BCUT2D eigenvalue weighted by atomic mass is 32.2. The summed E-state index contributed by atoms with van der Waals surface area (Å²) >= 11 is 2.78. The molecule has 0 N–H and O–H groups in total. The number of unbranched alkanes of at least 4 members (excludes halogenated alkanes) is 6. The zero-order valence-electron chi connectivity index (χ0n) is 20.6. The summed E-state index contributed by atoms with van der Waals surface area (Å²) < 4.78 is 26.8. The van der Waals surface area contributed by atoms with Gasteiger partial charge in [-0.2, -0.15) is 15.0 Å². The van der Waals surface area contributed by atoms with Crippen LogP contribution in [0.5, 0.6) is 0 Å². The van der Waals surface area contributed by atoms with Gasteiger partial charge in [0, 0.05) is 22.9 Å². The van der Waals surface area contributed by atoms with Crippen LogP contribution in [-0.2, 0) is 0 Å². The third-order valence-electron chi connectivity index (χ3n) is 5.47. The molecule has 4 nitrogen and oxygen atoms in total. The molecule has 0 saturated carbocycles. The monoisotopic (exact) mass is 516 g/mol. The van der Waals surface area contributed by atoms with E-state index in [0.29, 0.717) is 16.3 Å². The molecule has 0 saturated heterocycles. The molecule has 3 aromatic rings. The van der Waals surface area contributed by atoms with E-state index in [9.17, 15) is 8.78 Å². The lowest BCUT2D eigenvalue weighted by molar-refractivity contribution is 0.593. The second-order valence-corrected chi connectivity index (χ2v) is 10.5. The maximum atomic E-state index is 13.4.